The average molecular weight is 534 g/mol. The molecule has 1 saturated carbocycles. The topological polar surface area (TPSA) is 159 Å². The zero-order valence-electron chi connectivity index (χ0n) is 18.8. The Kier molecular flexibility index (Phi) is 12.5. The SMILES string of the molecule is COC1C(OP(O)(=S)OC)C(CO)C[C@@H]1NC(=S)CCCCOC1CC(O)C(O)C(CO)O1. The first-order valence-electron chi connectivity index (χ1n) is 10.9. The maximum Gasteiger partial charge on any atom is 0.324 e. The first-order chi connectivity index (χ1) is 15.6. The highest BCUT2D eigenvalue weighted by Gasteiger charge is 2.46. The first kappa shape index (κ1) is 29.4. The van der Waals surface area contributed by atoms with E-state index < -0.39 is 50.1 Å². The Balaban J connectivity index is 1.74. The summed E-state index contributed by atoms with van der Waals surface area (Å²) >= 11 is 10.4. The van der Waals surface area contributed by atoms with Gasteiger partial charge in [0, 0.05) is 39.8 Å². The minimum Gasteiger partial charge on any atom is -0.396 e. The number of hydrogen-bond donors (Lipinski definition) is 6. The van der Waals surface area contributed by atoms with Crippen LogP contribution >= 0.6 is 18.9 Å². The zero-order chi connectivity index (χ0) is 24.6. The highest BCUT2D eigenvalue weighted by Crippen LogP contribution is 2.48. The van der Waals surface area contributed by atoms with Crippen molar-refractivity contribution in [2.45, 2.75) is 75.0 Å². The number of aliphatic hydroxyl groups excluding tert-OH is 4. The summed E-state index contributed by atoms with van der Waals surface area (Å²) in [6.45, 7) is -3.60. The van der Waals surface area contributed by atoms with Crippen molar-refractivity contribution in [3.05, 3.63) is 0 Å². The molecule has 1 aliphatic carbocycles. The van der Waals surface area contributed by atoms with Gasteiger partial charge in [-0.15, -0.1) is 0 Å². The van der Waals surface area contributed by atoms with Crippen molar-refractivity contribution in [1.82, 2.24) is 5.32 Å². The second-order valence-corrected chi connectivity index (χ2v) is 11.6. The van der Waals surface area contributed by atoms with Crippen LogP contribution in [0.5, 0.6) is 0 Å². The first-order valence-corrected chi connectivity index (χ1v) is 13.9. The van der Waals surface area contributed by atoms with Crippen LogP contribution in [0.15, 0.2) is 0 Å². The molecule has 9 atom stereocenters. The third-order valence-electron chi connectivity index (χ3n) is 5.90. The van der Waals surface area contributed by atoms with Gasteiger partial charge in [0.25, 0.3) is 0 Å². The number of unbranched alkanes of at least 4 members (excludes halogenated alkanes) is 1. The molecule has 194 valence electrons. The lowest BCUT2D eigenvalue weighted by molar-refractivity contribution is -0.256. The molecule has 0 bridgehead atoms. The predicted molar refractivity (Wildman–Crippen MR) is 126 cm³/mol. The maximum atomic E-state index is 10.0. The van der Waals surface area contributed by atoms with Crippen LogP contribution in [0.4, 0.5) is 0 Å². The Morgan fingerprint density at radius 2 is 1.85 bits per heavy atom. The minimum absolute atomic E-state index is 0.137. The molecule has 8 unspecified atom stereocenters. The molecule has 0 radical (unpaired) electrons. The maximum absolute atomic E-state index is 10.0. The average Bonchev–Trinajstić information content (AvgIpc) is 3.10. The van der Waals surface area contributed by atoms with Crippen molar-refractivity contribution in [2.75, 3.05) is 34.0 Å². The lowest BCUT2D eigenvalue weighted by Crippen LogP contribution is -2.50. The summed E-state index contributed by atoms with van der Waals surface area (Å²) in [5, 5.41) is 41.8. The molecule has 11 nitrogen and oxygen atoms in total. The van der Waals surface area contributed by atoms with Crippen LogP contribution in [0.3, 0.4) is 0 Å². The fourth-order valence-corrected chi connectivity index (χ4v) is 5.39. The number of nitrogens with one attached hydrogen (secondary N) is 1. The van der Waals surface area contributed by atoms with Gasteiger partial charge in [-0.3, -0.25) is 0 Å². The summed E-state index contributed by atoms with van der Waals surface area (Å²) in [4.78, 5) is 10.7. The Morgan fingerprint density at radius 3 is 2.45 bits per heavy atom. The summed E-state index contributed by atoms with van der Waals surface area (Å²) < 4.78 is 27.0. The van der Waals surface area contributed by atoms with E-state index in [2.05, 4.69) is 5.32 Å². The van der Waals surface area contributed by atoms with Crippen molar-refractivity contribution >= 4 is 35.7 Å². The normalized spacial score (nSPS) is 36.5. The van der Waals surface area contributed by atoms with E-state index in [0.717, 1.165) is 6.42 Å². The fraction of sp³-hybridized carbons (Fsp3) is 0.947. The van der Waals surface area contributed by atoms with Crippen LogP contribution in [0.1, 0.15) is 32.1 Å². The third kappa shape index (κ3) is 8.64. The quantitative estimate of drug-likeness (QED) is 0.103. The van der Waals surface area contributed by atoms with Gasteiger partial charge in [0.15, 0.2) is 6.29 Å². The number of rotatable bonds is 13. The summed E-state index contributed by atoms with van der Waals surface area (Å²) in [5.41, 5.74) is 0. The van der Waals surface area contributed by atoms with Crippen molar-refractivity contribution in [1.29, 1.82) is 0 Å². The number of ether oxygens (including phenoxy) is 3. The second kappa shape index (κ2) is 14.0. The molecule has 2 rings (SSSR count). The summed E-state index contributed by atoms with van der Waals surface area (Å²) in [6.07, 6.45) is -2.09. The second-order valence-electron chi connectivity index (χ2n) is 8.18. The number of methoxy groups -OCH3 is 1. The van der Waals surface area contributed by atoms with Gasteiger partial charge in [0.1, 0.15) is 24.4 Å². The molecule has 2 fully saturated rings. The molecule has 0 amide bonds. The van der Waals surface area contributed by atoms with Gasteiger partial charge in [-0.05, 0) is 37.5 Å². The molecule has 14 heteroatoms. The molecule has 1 saturated heterocycles. The van der Waals surface area contributed by atoms with Crippen molar-refractivity contribution in [2.24, 2.45) is 5.92 Å². The van der Waals surface area contributed by atoms with E-state index in [1.807, 2.05) is 0 Å². The van der Waals surface area contributed by atoms with Crippen LogP contribution in [0, 0.1) is 5.92 Å². The Labute approximate surface area is 204 Å². The summed E-state index contributed by atoms with van der Waals surface area (Å²) in [7, 11) is 2.80. The highest BCUT2D eigenvalue weighted by atomic mass is 32.5. The van der Waals surface area contributed by atoms with Gasteiger partial charge in [-0.2, -0.15) is 0 Å². The van der Waals surface area contributed by atoms with Gasteiger partial charge in [-0.1, -0.05) is 12.2 Å². The largest absolute Gasteiger partial charge is 0.396 e. The summed E-state index contributed by atoms with van der Waals surface area (Å²) in [6, 6.07) is -0.216. The minimum atomic E-state index is -3.42. The van der Waals surface area contributed by atoms with Gasteiger partial charge < -0.3 is 53.9 Å². The zero-order valence-corrected chi connectivity index (χ0v) is 21.3. The standard InChI is InChI=1S/C19H36NO10PS2/c1-26-19-12(7-11(9-21)18(19)30-31(25,33)27-2)20-15(32)5-3-4-6-28-16-8-13(23)17(24)14(10-22)29-16/h11-14,16-19,21-24H,3-10H2,1-2H3,(H,20,32)(H,25,33)/t11?,12-,13?,14?,16?,17?,18?,19?,31?/m0/s1. The number of aliphatic hydroxyl groups is 4. The van der Waals surface area contributed by atoms with Crippen LogP contribution in [0.2, 0.25) is 0 Å². The molecule has 0 aromatic carbocycles. The third-order valence-corrected chi connectivity index (χ3v) is 7.90. The molecule has 0 aromatic heterocycles. The van der Waals surface area contributed by atoms with Gasteiger partial charge in [0.2, 0.25) is 0 Å². The van der Waals surface area contributed by atoms with Gasteiger partial charge in [-0.25, -0.2) is 0 Å². The van der Waals surface area contributed by atoms with E-state index in [1.165, 1.54) is 14.2 Å². The molecule has 6 N–H and O–H groups in total. The van der Waals surface area contributed by atoms with Crippen LogP contribution in [-0.4, -0.2) is 107 Å². The fourth-order valence-electron chi connectivity index (χ4n) is 4.11. The van der Waals surface area contributed by atoms with Crippen molar-refractivity contribution in [3.63, 3.8) is 0 Å². The van der Waals surface area contributed by atoms with Gasteiger partial charge in [0.05, 0.1) is 23.7 Å². The van der Waals surface area contributed by atoms with E-state index in [4.69, 9.17) is 47.3 Å². The van der Waals surface area contributed by atoms with Crippen LogP contribution in [0.25, 0.3) is 0 Å². The Morgan fingerprint density at radius 1 is 1.12 bits per heavy atom. The smallest absolute Gasteiger partial charge is 0.324 e. The molecule has 33 heavy (non-hydrogen) atoms. The van der Waals surface area contributed by atoms with Crippen molar-refractivity contribution in [3.8, 4) is 0 Å². The van der Waals surface area contributed by atoms with E-state index in [9.17, 15) is 25.3 Å². The van der Waals surface area contributed by atoms with E-state index in [-0.39, 0.29) is 25.0 Å². The summed E-state index contributed by atoms with van der Waals surface area (Å²) in [5.74, 6) is -0.291. The number of hydrogen-bond acceptors (Lipinski definition) is 11. The lowest BCUT2D eigenvalue weighted by Gasteiger charge is -2.36. The van der Waals surface area contributed by atoms with Gasteiger partial charge >= 0.3 is 6.72 Å². The molecule has 0 aromatic rings. The highest BCUT2D eigenvalue weighted by molar-refractivity contribution is 8.07. The van der Waals surface area contributed by atoms with Crippen LogP contribution < -0.4 is 5.32 Å². The Hall–Kier alpha value is 0.140. The predicted octanol–water partition coefficient (Wildman–Crippen LogP) is -0.436. The molecule has 2 aliphatic rings. The van der Waals surface area contributed by atoms with E-state index >= 15 is 0 Å². The lowest BCUT2D eigenvalue weighted by atomic mass is 10.0. The molecule has 0 spiro atoms. The van der Waals surface area contributed by atoms with Crippen molar-refractivity contribution < 1.29 is 48.6 Å². The monoisotopic (exact) mass is 533 g/mol. The molecular weight excluding hydrogens is 497 g/mol. The molecule has 1 aliphatic heterocycles. The van der Waals surface area contributed by atoms with E-state index in [0.29, 0.717) is 30.9 Å². The molecular formula is C19H36NO10PS2. The molecule has 1 heterocycles. The van der Waals surface area contributed by atoms with Crippen LogP contribution in [-0.2, 0) is 35.1 Å². The van der Waals surface area contributed by atoms with E-state index in [1.54, 1.807) is 0 Å². The number of thiocarbonyl (C=S) groups is 1. The Bertz CT molecular complexity index is 662.